The first-order valence-corrected chi connectivity index (χ1v) is 7.27. The Labute approximate surface area is 111 Å². The highest BCUT2D eigenvalue weighted by molar-refractivity contribution is 5.85. The van der Waals surface area contributed by atoms with Gasteiger partial charge in [0, 0.05) is 32.2 Å². The van der Waals surface area contributed by atoms with Gasteiger partial charge >= 0.3 is 0 Å². The average Bonchev–Trinajstić information content (AvgIpc) is 2.92. The maximum absolute atomic E-state index is 12.3. The molecule has 1 heterocycles. The summed E-state index contributed by atoms with van der Waals surface area (Å²) in [6.07, 6.45) is 5.49. The lowest BCUT2D eigenvalue weighted by molar-refractivity contribution is -0.139. The maximum Gasteiger partial charge on any atom is 0.242 e. The lowest BCUT2D eigenvalue weighted by Crippen LogP contribution is -2.58. The number of piperazine rings is 1. The number of amides is 1. The van der Waals surface area contributed by atoms with Crippen molar-refractivity contribution in [3.05, 3.63) is 0 Å². The molecule has 1 amide bonds. The van der Waals surface area contributed by atoms with Gasteiger partial charge in [-0.15, -0.1) is 0 Å². The standard InChI is InChI=1S/C14H27N3O/c1-14(2,15-3)13(18)17-10-8-16(9-11-17)12-6-4-5-7-12/h12,15H,4-11H2,1-3H3. The second-order valence-corrected chi connectivity index (χ2v) is 6.14. The molecule has 0 aromatic carbocycles. The third-order valence-electron chi connectivity index (χ3n) is 4.60. The Morgan fingerprint density at radius 1 is 1.11 bits per heavy atom. The van der Waals surface area contributed by atoms with Gasteiger partial charge < -0.3 is 10.2 Å². The van der Waals surface area contributed by atoms with Gasteiger partial charge in [-0.3, -0.25) is 9.69 Å². The van der Waals surface area contributed by atoms with E-state index in [1.807, 2.05) is 25.8 Å². The molecule has 4 heteroatoms. The molecule has 1 saturated carbocycles. The summed E-state index contributed by atoms with van der Waals surface area (Å²) in [7, 11) is 1.85. The van der Waals surface area contributed by atoms with E-state index in [0.717, 1.165) is 32.2 Å². The number of likely N-dealkylation sites (N-methyl/N-ethyl adjacent to an activating group) is 1. The Morgan fingerprint density at radius 3 is 2.17 bits per heavy atom. The van der Waals surface area contributed by atoms with Gasteiger partial charge in [-0.1, -0.05) is 12.8 Å². The van der Waals surface area contributed by atoms with E-state index in [2.05, 4.69) is 10.2 Å². The normalized spacial score (nSPS) is 23.6. The molecular formula is C14H27N3O. The first kappa shape index (κ1) is 13.8. The molecule has 1 N–H and O–H groups in total. The summed E-state index contributed by atoms with van der Waals surface area (Å²) in [6.45, 7) is 7.80. The minimum Gasteiger partial charge on any atom is -0.339 e. The highest BCUT2D eigenvalue weighted by Gasteiger charge is 2.33. The van der Waals surface area contributed by atoms with Gasteiger partial charge in [0.2, 0.25) is 5.91 Å². The number of carbonyl (C=O) groups is 1. The molecule has 1 aliphatic carbocycles. The topological polar surface area (TPSA) is 35.6 Å². The Bertz CT molecular complexity index is 289. The number of nitrogens with zero attached hydrogens (tertiary/aromatic N) is 2. The van der Waals surface area contributed by atoms with Crippen LogP contribution in [0.2, 0.25) is 0 Å². The number of hydrogen-bond acceptors (Lipinski definition) is 3. The van der Waals surface area contributed by atoms with Crippen LogP contribution in [-0.4, -0.2) is 60.5 Å². The fourth-order valence-corrected chi connectivity index (χ4v) is 3.06. The van der Waals surface area contributed by atoms with E-state index in [1.165, 1.54) is 25.7 Å². The molecule has 0 aromatic rings. The van der Waals surface area contributed by atoms with Crippen molar-refractivity contribution >= 4 is 5.91 Å². The summed E-state index contributed by atoms with van der Waals surface area (Å²) >= 11 is 0. The van der Waals surface area contributed by atoms with Crippen LogP contribution in [0.15, 0.2) is 0 Å². The molecule has 4 nitrogen and oxygen atoms in total. The second-order valence-electron chi connectivity index (χ2n) is 6.14. The molecule has 2 rings (SSSR count). The van der Waals surface area contributed by atoms with Gasteiger partial charge in [-0.05, 0) is 33.7 Å². The van der Waals surface area contributed by atoms with Crippen LogP contribution in [0.4, 0.5) is 0 Å². The van der Waals surface area contributed by atoms with E-state index in [9.17, 15) is 4.79 Å². The van der Waals surface area contributed by atoms with Crippen molar-refractivity contribution < 1.29 is 4.79 Å². The summed E-state index contributed by atoms with van der Waals surface area (Å²) in [6, 6.07) is 0.791. The van der Waals surface area contributed by atoms with Gasteiger partial charge in [0.05, 0.1) is 5.54 Å². The van der Waals surface area contributed by atoms with Gasteiger partial charge in [0.25, 0.3) is 0 Å². The highest BCUT2D eigenvalue weighted by Crippen LogP contribution is 2.24. The van der Waals surface area contributed by atoms with Crippen molar-refractivity contribution in [3.63, 3.8) is 0 Å². The summed E-state index contributed by atoms with van der Waals surface area (Å²) in [5, 5.41) is 3.10. The van der Waals surface area contributed by atoms with Gasteiger partial charge in [0.1, 0.15) is 0 Å². The fraction of sp³-hybridized carbons (Fsp3) is 0.929. The van der Waals surface area contributed by atoms with Crippen molar-refractivity contribution in [2.24, 2.45) is 0 Å². The van der Waals surface area contributed by atoms with Gasteiger partial charge in [0.15, 0.2) is 0 Å². The molecule has 0 unspecified atom stereocenters. The zero-order chi connectivity index (χ0) is 13.2. The van der Waals surface area contributed by atoms with E-state index in [4.69, 9.17) is 0 Å². The van der Waals surface area contributed by atoms with Crippen LogP contribution < -0.4 is 5.32 Å². The van der Waals surface area contributed by atoms with Crippen molar-refractivity contribution in [1.29, 1.82) is 0 Å². The Kier molecular flexibility index (Phi) is 4.28. The van der Waals surface area contributed by atoms with Crippen molar-refractivity contribution in [2.75, 3.05) is 33.2 Å². The number of nitrogens with one attached hydrogen (secondary N) is 1. The van der Waals surface area contributed by atoms with E-state index < -0.39 is 5.54 Å². The van der Waals surface area contributed by atoms with Crippen LogP contribution in [0, 0.1) is 0 Å². The number of carbonyl (C=O) groups excluding carboxylic acids is 1. The minimum absolute atomic E-state index is 0.232. The Morgan fingerprint density at radius 2 is 1.67 bits per heavy atom. The third-order valence-corrected chi connectivity index (χ3v) is 4.60. The molecule has 0 atom stereocenters. The van der Waals surface area contributed by atoms with Crippen LogP contribution >= 0.6 is 0 Å². The zero-order valence-corrected chi connectivity index (χ0v) is 12.0. The first-order chi connectivity index (χ1) is 8.54. The molecule has 0 aromatic heterocycles. The predicted molar refractivity (Wildman–Crippen MR) is 73.5 cm³/mol. The van der Waals surface area contributed by atoms with Crippen LogP contribution in [0.1, 0.15) is 39.5 Å². The maximum atomic E-state index is 12.3. The van der Waals surface area contributed by atoms with Crippen molar-refractivity contribution in [2.45, 2.75) is 51.1 Å². The Balaban J connectivity index is 1.84. The van der Waals surface area contributed by atoms with Crippen molar-refractivity contribution in [3.8, 4) is 0 Å². The van der Waals surface area contributed by atoms with Gasteiger partial charge in [-0.25, -0.2) is 0 Å². The van der Waals surface area contributed by atoms with E-state index in [1.54, 1.807) is 0 Å². The third kappa shape index (κ3) is 2.86. The molecule has 1 aliphatic heterocycles. The molecular weight excluding hydrogens is 226 g/mol. The lowest BCUT2D eigenvalue weighted by Gasteiger charge is -2.40. The van der Waals surface area contributed by atoms with Crippen LogP contribution in [0.25, 0.3) is 0 Å². The van der Waals surface area contributed by atoms with E-state index in [-0.39, 0.29) is 5.91 Å². The molecule has 0 bridgehead atoms. The van der Waals surface area contributed by atoms with Crippen molar-refractivity contribution in [1.82, 2.24) is 15.1 Å². The quantitative estimate of drug-likeness (QED) is 0.817. The molecule has 18 heavy (non-hydrogen) atoms. The predicted octanol–water partition coefficient (Wildman–Crippen LogP) is 1.07. The second kappa shape index (κ2) is 5.57. The van der Waals surface area contributed by atoms with E-state index in [0.29, 0.717) is 0 Å². The molecule has 2 aliphatic rings. The number of rotatable bonds is 3. The SMILES string of the molecule is CNC(C)(C)C(=O)N1CCN(C2CCCC2)CC1. The summed E-state index contributed by atoms with van der Waals surface area (Å²) < 4.78 is 0. The Hall–Kier alpha value is -0.610. The fourth-order valence-electron chi connectivity index (χ4n) is 3.06. The molecule has 0 spiro atoms. The molecule has 104 valence electrons. The summed E-state index contributed by atoms with van der Waals surface area (Å²) in [4.78, 5) is 16.9. The monoisotopic (exact) mass is 253 g/mol. The molecule has 1 saturated heterocycles. The first-order valence-electron chi connectivity index (χ1n) is 7.27. The minimum atomic E-state index is -0.435. The molecule has 0 radical (unpaired) electrons. The smallest absolute Gasteiger partial charge is 0.242 e. The number of hydrogen-bond donors (Lipinski definition) is 1. The van der Waals surface area contributed by atoms with Crippen LogP contribution in [-0.2, 0) is 4.79 Å². The largest absolute Gasteiger partial charge is 0.339 e. The summed E-state index contributed by atoms with van der Waals surface area (Å²) in [5.41, 5.74) is -0.435. The lowest BCUT2D eigenvalue weighted by atomic mass is 10.0. The average molecular weight is 253 g/mol. The van der Waals surface area contributed by atoms with Crippen LogP contribution in [0.3, 0.4) is 0 Å². The van der Waals surface area contributed by atoms with E-state index >= 15 is 0 Å². The van der Waals surface area contributed by atoms with Crippen LogP contribution in [0.5, 0.6) is 0 Å². The van der Waals surface area contributed by atoms with Gasteiger partial charge in [-0.2, -0.15) is 0 Å². The zero-order valence-electron chi connectivity index (χ0n) is 12.0. The highest BCUT2D eigenvalue weighted by atomic mass is 16.2. The molecule has 2 fully saturated rings. The summed E-state index contributed by atoms with van der Waals surface area (Å²) in [5.74, 6) is 0.232.